The molecule has 2 heteroatoms. The molecule has 2 nitrogen and oxygen atoms in total. The Balaban J connectivity index is 1.93. The molecule has 0 aromatic heterocycles. The lowest BCUT2D eigenvalue weighted by Crippen LogP contribution is -2.25. The maximum atomic E-state index is 5.53. The molecule has 0 aromatic rings. The van der Waals surface area contributed by atoms with Crippen LogP contribution < -0.4 is 5.32 Å². The van der Waals surface area contributed by atoms with Crippen LogP contribution in [0.15, 0.2) is 0 Å². The number of hydrogen-bond donors (Lipinski definition) is 1. The van der Waals surface area contributed by atoms with Gasteiger partial charge in [-0.1, -0.05) is 32.1 Å². The van der Waals surface area contributed by atoms with Crippen LogP contribution in [0.2, 0.25) is 0 Å². The van der Waals surface area contributed by atoms with Crippen LogP contribution in [-0.2, 0) is 4.74 Å². The third-order valence-electron chi connectivity index (χ3n) is 3.61. The molecule has 0 heterocycles. The van der Waals surface area contributed by atoms with Gasteiger partial charge in [0.1, 0.15) is 0 Å². The minimum absolute atomic E-state index is 0.376. The van der Waals surface area contributed by atoms with E-state index < -0.39 is 0 Å². The zero-order valence-corrected chi connectivity index (χ0v) is 11.8. The van der Waals surface area contributed by atoms with Gasteiger partial charge in [-0.15, -0.1) is 0 Å². The summed E-state index contributed by atoms with van der Waals surface area (Å²) in [5.74, 6) is 0.932. The lowest BCUT2D eigenvalue weighted by molar-refractivity contribution is 0.0769. The van der Waals surface area contributed by atoms with Crippen molar-refractivity contribution in [2.75, 3.05) is 19.7 Å². The molecule has 0 unspecified atom stereocenters. The molecular weight excluding hydrogens is 210 g/mol. The van der Waals surface area contributed by atoms with Gasteiger partial charge in [0.2, 0.25) is 0 Å². The average molecular weight is 241 g/mol. The van der Waals surface area contributed by atoms with E-state index in [1.807, 2.05) is 0 Å². The summed E-state index contributed by atoms with van der Waals surface area (Å²) in [5, 5.41) is 3.60. The van der Waals surface area contributed by atoms with Crippen LogP contribution in [0.4, 0.5) is 0 Å². The fourth-order valence-corrected chi connectivity index (χ4v) is 2.57. The van der Waals surface area contributed by atoms with Crippen molar-refractivity contribution in [3.8, 4) is 0 Å². The maximum Gasteiger partial charge on any atom is 0.0518 e. The van der Waals surface area contributed by atoms with Gasteiger partial charge in [0, 0.05) is 6.61 Å². The fraction of sp³-hybridized carbons (Fsp3) is 1.00. The Kier molecular flexibility index (Phi) is 8.72. The zero-order chi connectivity index (χ0) is 12.3. The first-order valence-corrected chi connectivity index (χ1v) is 7.61. The Morgan fingerprint density at radius 2 is 1.71 bits per heavy atom. The number of rotatable bonds is 7. The van der Waals surface area contributed by atoms with Crippen LogP contribution in [0.3, 0.4) is 0 Å². The first-order valence-electron chi connectivity index (χ1n) is 7.61. The zero-order valence-electron chi connectivity index (χ0n) is 11.8. The van der Waals surface area contributed by atoms with Crippen LogP contribution in [0.1, 0.15) is 65.2 Å². The van der Waals surface area contributed by atoms with E-state index in [-0.39, 0.29) is 0 Å². The average Bonchev–Trinajstić information content (AvgIpc) is 2.25. The summed E-state index contributed by atoms with van der Waals surface area (Å²) in [5.41, 5.74) is 0. The van der Waals surface area contributed by atoms with Crippen LogP contribution in [0.25, 0.3) is 0 Å². The van der Waals surface area contributed by atoms with E-state index in [1.54, 1.807) is 0 Å². The largest absolute Gasteiger partial charge is 0.379 e. The van der Waals surface area contributed by atoms with Crippen molar-refractivity contribution in [2.45, 2.75) is 71.3 Å². The SMILES string of the molecule is CC(C)OCCCNCC1CCCCCCC1. The minimum atomic E-state index is 0.376. The van der Waals surface area contributed by atoms with Gasteiger partial charge in [-0.2, -0.15) is 0 Å². The minimum Gasteiger partial charge on any atom is -0.379 e. The van der Waals surface area contributed by atoms with Crippen molar-refractivity contribution in [3.63, 3.8) is 0 Å². The summed E-state index contributed by atoms with van der Waals surface area (Å²) < 4.78 is 5.53. The Hall–Kier alpha value is -0.0800. The van der Waals surface area contributed by atoms with E-state index in [9.17, 15) is 0 Å². The normalized spacial score (nSPS) is 19.2. The molecule has 0 amide bonds. The molecule has 0 saturated heterocycles. The van der Waals surface area contributed by atoms with Crippen LogP contribution >= 0.6 is 0 Å². The van der Waals surface area contributed by atoms with Crippen molar-refractivity contribution in [1.29, 1.82) is 0 Å². The number of hydrogen-bond acceptors (Lipinski definition) is 2. The monoisotopic (exact) mass is 241 g/mol. The van der Waals surface area contributed by atoms with E-state index >= 15 is 0 Å². The Morgan fingerprint density at radius 3 is 2.35 bits per heavy atom. The summed E-state index contributed by atoms with van der Waals surface area (Å²) in [6.07, 6.45) is 11.7. The van der Waals surface area contributed by atoms with Gasteiger partial charge in [0.25, 0.3) is 0 Å². The highest BCUT2D eigenvalue weighted by Gasteiger charge is 2.10. The molecule has 0 radical (unpaired) electrons. The molecule has 1 N–H and O–H groups in total. The van der Waals surface area contributed by atoms with Crippen molar-refractivity contribution in [1.82, 2.24) is 5.32 Å². The second-order valence-corrected chi connectivity index (χ2v) is 5.69. The molecule has 1 fully saturated rings. The van der Waals surface area contributed by atoms with Crippen molar-refractivity contribution in [3.05, 3.63) is 0 Å². The quantitative estimate of drug-likeness (QED) is 0.685. The molecule has 17 heavy (non-hydrogen) atoms. The number of nitrogens with one attached hydrogen (secondary N) is 1. The van der Waals surface area contributed by atoms with Crippen molar-refractivity contribution >= 4 is 0 Å². The van der Waals surface area contributed by atoms with Crippen LogP contribution in [0.5, 0.6) is 0 Å². The molecule has 0 atom stereocenters. The molecule has 0 spiro atoms. The molecule has 0 aromatic carbocycles. The second-order valence-electron chi connectivity index (χ2n) is 5.69. The van der Waals surface area contributed by atoms with Gasteiger partial charge < -0.3 is 10.1 Å². The molecule has 102 valence electrons. The molecule has 0 bridgehead atoms. The Labute approximate surface area is 108 Å². The molecule has 1 saturated carbocycles. The highest BCUT2D eigenvalue weighted by Crippen LogP contribution is 2.21. The summed E-state index contributed by atoms with van der Waals surface area (Å²) in [4.78, 5) is 0. The lowest BCUT2D eigenvalue weighted by atomic mass is 9.91. The Morgan fingerprint density at radius 1 is 1.06 bits per heavy atom. The third kappa shape index (κ3) is 8.62. The summed E-state index contributed by atoms with van der Waals surface area (Å²) in [6.45, 7) is 7.43. The molecule has 1 rings (SSSR count). The van der Waals surface area contributed by atoms with Crippen LogP contribution in [-0.4, -0.2) is 25.8 Å². The van der Waals surface area contributed by atoms with Gasteiger partial charge >= 0.3 is 0 Å². The van der Waals surface area contributed by atoms with E-state index in [0.717, 1.165) is 25.5 Å². The molecular formula is C15H31NO. The Bertz CT molecular complexity index is 162. The van der Waals surface area contributed by atoms with Gasteiger partial charge in [0.05, 0.1) is 6.10 Å². The highest BCUT2D eigenvalue weighted by atomic mass is 16.5. The van der Waals surface area contributed by atoms with Crippen molar-refractivity contribution in [2.24, 2.45) is 5.92 Å². The van der Waals surface area contributed by atoms with Gasteiger partial charge in [0.15, 0.2) is 0 Å². The maximum absolute atomic E-state index is 5.53. The highest BCUT2D eigenvalue weighted by molar-refractivity contribution is 4.66. The second kappa shape index (κ2) is 9.90. The topological polar surface area (TPSA) is 21.3 Å². The van der Waals surface area contributed by atoms with Gasteiger partial charge in [-0.25, -0.2) is 0 Å². The van der Waals surface area contributed by atoms with E-state index in [1.165, 1.54) is 51.5 Å². The van der Waals surface area contributed by atoms with Gasteiger partial charge in [-0.05, 0) is 52.1 Å². The smallest absolute Gasteiger partial charge is 0.0518 e. The molecule has 1 aliphatic carbocycles. The van der Waals surface area contributed by atoms with Gasteiger partial charge in [-0.3, -0.25) is 0 Å². The summed E-state index contributed by atoms with van der Waals surface area (Å²) in [6, 6.07) is 0. The van der Waals surface area contributed by atoms with E-state index in [4.69, 9.17) is 4.74 Å². The van der Waals surface area contributed by atoms with E-state index in [2.05, 4.69) is 19.2 Å². The first-order chi connectivity index (χ1) is 8.29. The summed E-state index contributed by atoms with van der Waals surface area (Å²) in [7, 11) is 0. The standard InChI is InChI=1S/C15H31NO/c1-14(2)17-12-8-11-16-13-15-9-6-4-3-5-7-10-15/h14-16H,3-13H2,1-2H3. The van der Waals surface area contributed by atoms with E-state index in [0.29, 0.717) is 6.10 Å². The van der Waals surface area contributed by atoms with Crippen molar-refractivity contribution < 1.29 is 4.74 Å². The predicted octanol–water partition coefficient (Wildman–Crippen LogP) is 3.75. The lowest BCUT2D eigenvalue weighted by Gasteiger charge is -2.20. The summed E-state index contributed by atoms with van der Waals surface area (Å²) >= 11 is 0. The first kappa shape index (κ1) is 15.0. The fourth-order valence-electron chi connectivity index (χ4n) is 2.57. The predicted molar refractivity (Wildman–Crippen MR) is 74.4 cm³/mol. The third-order valence-corrected chi connectivity index (χ3v) is 3.61. The molecule has 0 aliphatic heterocycles. The number of ether oxygens (including phenoxy) is 1. The molecule has 1 aliphatic rings. The van der Waals surface area contributed by atoms with Crippen LogP contribution in [0, 0.1) is 5.92 Å².